The molecule has 0 saturated heterocycles. The fraction of sp³-hybridized carbons (Fsp3) is 0. The van der Waals surface area contributed by atoms with Gasteiger partial charge in [-0.25, -0.2) is 0 Å². The Kier molecular flexibility index (Phi) is 1.89. The van der Waals surface area contributed by atoms with Crippen molar-refractivity contribution in [1.29, 1.82) is 0 Å². The normalized spacial score (nSPS) is 13.2. The van der Waals surface area contributed by atoms with Crippen molar-refractivity contribution in [3.63, 3.8) is 0 Å². The molecule has 3 heteroatoms. The molecule has 0 amide bonds. The van der Waals surface area contributed by atoms with E-state index >= 15 is 0 Å². The molecule has 2 aromatic carbocycles. The number of benzene rings is 2. The third-order valence-corrected chi connectivity index (χ3v) is 2.98. The number of nitrogen functional groups attached to an aromatic ring is 1. The quantitative estimate of drug-likeness (QED) is 0.595. The zero-order valence-corrected chi connectivity index (χ0v) is 8.94. The molecule has 2 aromatic rings. The molecule has 82 valence electrons. The second-order valence-corrected chi connectivity index (χ2v) is 3.97. The third kappa shape index (κ3) is 1.22. The van der Waals surface area contributed by atoms with Crippen LogP contribution in [0.15, 0.2) is 42.5 Å². The SMILES string of the molecule is Nc1cccc2c1C(=O)c1ccccc1C2=O.[H+]. The lowest BCUT2D eigenvalue weighted by Crippen LogP contribution is -2.22. The number of hydrogen-bond acceptors (Lipinski definition) is 3. The van der Waals surface area contributed by atoms with Crippen LogP contribution in [0.1, 0.15) is 33.3 Å². The topological polar surface area (TPSA) is 60.2 Å². The Balaban J connectivity index is 0.00000120. The fourth-order valence-electron chi connectivity index (χ4n) is 2.17. The average Bonchev–Trinajstić information content (AvgIpc) is 2.36. The number of hydrogen-bond donors (Lipinski definition) is 1. The summed E-state index contributed by atoms with van der Waals surface area (Å²) in [6, 6.07) is 11.8. The van der Waals surface area contributed by atoms with E-state index in [1.165, 1.54) is 0 Å². The lowest BCUT2D eigenvalue weighted by molar-refractivity contribution is 0.0979. The molecule has 0 saturated carbocycles. The average molecular weight is 224 g/mol. The van der Waals surface area contributed by atoms with Gasteiger partial charge in [0.05, 0.1) is 5.56 Å². The van der Waals surface area contributed by atoms with E-state index in [2.05, 4.69) is 0 Å². The minimum Gasteiger partial charge on any atom is -0.398 e. The van der Waals surface area contributed by atoms with Crippen molar-refractivity contribution in [2.75, 3.05) is 5.73 Å². The summed E-state index contributed by atoms with van der Waals surface area (Å²) in [5, 5.41) is 0. The van der Waals surface area contributed by atoms with Gasteiger partial charge in [0.15, 0.2) is 11.6 Å². The van der Waals surface area contributed by atoms with Gasteiger partial charge in [0.2, 0.25) is 0 Å². The standard InChI is InChI=1S/C14H9NO2/c15-11-7-3-6-10-12(11)14(17)9-5-2-1-4-8(9)13(10)16/h1-7H,15H2/p+1. The first kappa shape index (κ1) is 9.78. The van der Waals surface area contributed by atoms with E-state index in [1.807, 2.05) is 0 Å². The highest BCUT2D eigenvalue weighted by Crippen LogP contribution is 2.30. The van der Waals surface area contributed by atoms with E-state index in [0.717, 1.165) is 0 Å². The maximum Gasteiger partial charge on any atom is 1.00 e. The van der Waals surface area contributed by atoms with E-state index in [-0.39, 0.29) is 13.0 Å². The highest BCUT2D eigenvalue weighted by molar-refractivity contribution is 6.29. The van der Waals surface area contributed by atoms with Gasteiger partial charge in [-0.15, -0.1) is 0 Å². The molecule has 0 radical (unpaired) electrons. The molecular weight excluding hydrogens is 214 g/mol. The van der Waals surface area contributed by atoms with Crippen LogP contribution >= 0.6 is 0 Å². The minimum atomic E-state index is -0.173. The van der Waals surface area contributed by atoms with Crippen molar-refractivity contribution in [3.8, 4) is 0 Å². The van der Waals surface area contributed by atoms with Crippen LogP contribution in [-0.4, -0.2) is 11.6 Å². The van der Waals surface area contributed by atoms with Crippen LogP contribution in [0.5, 0.6) is 0 Å². The minimum absolute atomic E-state index is 0. The Morgan fingerprint density at radius 1 is 0.765 bits per heavy atom. The molecule has 0 heterocycles. The Morgan fingerprint density at radius 2 is 1.35 bits per heavy atom. The molecule has 0 fully saturated rings. The van der Waals surface area contributed by atoms with Gasteiger partial charge in [0.25, 0.3) is 0 Å². The maximum atomic E-state index is 12.2. The van der Waals surface area contributed by atoms with E-state index in [9.17, 15) is 9.59 Å². The molecule has 0 aliphatic heterocycles. The predicted octanol–water partition coefficient (Wildman–Crippen LogP) is 2.16. The molecule has 1 aliphatic rings. The molecule has 0 aromatic heterocycles. The molecule has 3 rings (SSSR count). The number of anilines is 1. The van der Waals surface area contributed by atoms with Crippen LogP contribution in [0.3, 0.4) is 0 Å². The highest BCUT2D eigenvalue weighted by Gasteiger charge is 2.30. The summed E-state index contributed by atoms with van der Waals surface area (Å²) in [6.07, 6.45) is 0. The van der Waals surface area contributed by atoms with Crippen molar-refractivity contribution in [2.45, 2.75) is 0 Å². The van der Waals surface area contributed by atoms with Crippen LogP contribution in [0.25, 0.3) is 0 Å². The maximum absolute atomic E-state index is 12.2. The molecule has 0 spiro atoms. The largest absolute Gasteiger partial charge is 1.00 e. The van der Waals surface area contributed by atoms with Gasteiger partial charge in [-0.2, -0.15) is 0 Å². The second kappa shape index (κ2) is 3.28. The number of carbonyl (C=O) groups excluding carboxylic acids is 2. The summed E-state index contributed by atoms with van der Waals surface area (Å²) in [6.45, 7) is 0. The van der Waals surface area contributed by atoms with Gasteiger partial charge >= 0.3 is 1.43 Å². The van der Waals surface area contributed by atoms with Crippen molar-refractivity contribution < 1.29 is 11.0 Å². The van der Waals surface area contributed by atoms with Gasteiger partial charge in [-0.1, -0.05) is 36.4 Å². The third-order valence-electron chi connectivity index (χ3n) is 2.98. The molecular formula is C14H10NO2+. The van der Waals surface area contributed by atoms with Gasteiger partial charge in [-0.05, 0) is 6.07 Å². The first-order chi connectivity index (χ1) is 8.20. The van der Waals surface area contributed by atoms with Gasteiger partial charge in [0, 0.05) is 22.4 Å². The number of ketones is 2. The second-order valence-electron chi connectivity index (χ2n) is 3.97. The van der Waals surface area contributed by atoms with Crippen molar-refractivity contribution in [1.82, 2.24) is 0 Å². The molecule has 0 atom stereocenters. The first-order valence-corrected chi connectivity index (χ1v) is 5.27. The Labute approximate surface area is 99.4 Å². The predicted molar refractivity (Wildman–Crippen MR) is 65.3 cm³/mol. The molecule has 0 unspecified atom stereocenters. The van der Waals surface area contributed by atoms with Crippen molar-refractivity contribution >= 4 is 17.3 Å². The Morgan fingerprint density at radius 3 is 2.06 bits per heavy atom. The van der Waals surface area contributed by atoms with Crippen LogP contribution in [0.2, 0.25) is 0 Å². The summed E-state index contributed by atoms with van der Waals surface area (Å²) >= 11 is 0. The van der Waals surface area contributed by atoms with Crippen molar-refractivity contribution in [3.05, 3.63) is 64.7 Å². The summed E-state index contributed by atoms with van der Waals surface area (Å²) in [5.41, 5.74) is 7.75. The first-order valence-electron chi connectivity index (χ1n) is 5.27. The number of rotatable bonds is 0. The summed E-state index contributed by atoms with van der Waals surface area (Å²) in [7, 11) is 0. The lowest BCUT2D eigenvalue weighted by atomic mass is 9.83. The van der Waals surface area contributed by atoms with Crippen LogP contribution in [0, 0.1) is 0 Å². The fourth-order valence-corrected chi connectivity index (χ4v) is 2.17. The zero-order chi connectivity index (χ0) is 12.0. The van der Waals surface area contributed by atoms with Crippen LogP contribution in [0.4, 0.5) is 5.69 Å². The van der Waals surface area contributed by atoms with E-state index in [0.29, 0.717) is 27.9 Å². The summed E-state index contributed by atoms with van der Waals surface area (Å²) < 4.78 is 0. The van der Waals surface area contributed by atoms with E-state index in [1.54, 1.807) is 42.5 Å². The van der Waals surface area contributed by atoms with Gasteiger partial charge in [0.1, 0.15) is 0 Å². The Hall–Kier alpha value is -2.42. The monoisotopic (exact) mass is 224 g/mol. The van der Waals surface area contributed by atoms with Gasteiger partial charge in [-0.3, -0.25) is 9.59 Å². The molecule has 3 nitrogen and oxygen atoms in total. The van der Waals surface area contributed by atoms with Crippen LogP contribution in [-0.2, 0) is 0 Å². The Bertz CT molecular complexity index is 665. The lowest BCUT2D eigenvalue weighted by Gasteiger charge is -2.18. The highest BCUT2D eigenvalue weighted by atomic mass is 16.1. The summed E-state index contributed by atoms with van der Waals surface area (Å²) in [4.78, 5) is 24.4. The smallest absolute Gasteiger partial charge is 0.398 e. The summed E-state index contributed by atoms with van der Waals surface area (Å²) in [5.74, 6) is -0.309. The molecule has 2 N–H and O–H groups in total. The number of fused-ring (bicyclic) bond motifs is 2. The van der Waals surface area contributed by atoms with Crippen LogP contribution < -0.4 is 5.73 Å². The molecule has 17 heavy (non-hydrogen) atoms. The van der Waals surface area contributed by atoms with E-state index in [4.69, 9.17) is 5.73 Å². The van der Waals surface area contributed by atoms with Crippen molar-refractivity contribution in [2.24, 2.45) is 0 Å². The molecule has 0 bridgehead atoms. The van der Waals surface area contributed by atoms with Gasteiger partial charge < -0.3 is 5.73 Å². The molecule has 1 aliphatic carbocycles. The number of nitrogens with two attached hydrogens (primary N) is 1. The number of carbonyl (C=O) groups is 2. The zero-order valence-electron chi connectivity index (χ0n) is 9.94. The van der Waals surface area contributed by atoms with E-state index < -0.39 is 0 Å².